The van der Waals surface area contributed by atoms with Crippen molar-refractivity contribution in [3.05, 3.63) is 35.2 Å². The van der Waals surface area contributed by atoms with Crippen LogP contribution in [0, 0.1) is 0 Å². The van der Waals surface area contributed by atoms with E-state index in [-0.39, 0.29) is 12.4 Å². The van der Waals surface area contributed by atoms with E-state index >= 15 is 0 Å². The molecule has 2 aromatic rings. The summed E-state index contributed by atoms with van der Waals surface area (Å²) in [4.78, 5) is 1.51. The third kappa shape index (κ3) is 4.79. The van der Waals surface area contributed by atoms with Gasteiger partial charge in [0, 0.05) is 15.6 Å². The van der Waals surface area contributed by atoms with Crippen LogP contribution >= 0.6 is 23.7 Å². The summed E-state index contributed by atoms with van der Waals surface area (Å²) in [5.74, 6) is 0. The first-order valence-corrected chi connectivity index (χ1v) is 7.86. The van der Waals surface area contributed by atoms with Crippen LogP contribution in [0.1, 0.15) is 38.0 Å². The van der Waals surface area contributed by atoms with Gasteiger partial charge in [-0.3, -0.25) is 0 Å². The van der Waals surface area contributed by atoms with E-state index in [9.17, 15) is 0 Å². The topological polar surface area (TPSA) is 12.0 Å². The van der Waals surface area contributed by atoms with Gasteiger partial charge in [-0.1, -0.05) is 38.5 Å². The van der Waals surface area contributed by atoms with E-state index < -0.39 is 0 Å². The molecule has 0 fully saturated rings. The predicted molar refractivity (Wildman–Crippen MR) is 89.8 cm³/mol. The molecule has 1 aromatic heterocycles. The van der Waals surface area contributed by atoms with Crippen molar-refractivity contribution >= 4 is 33.8 Å². The summed E-state index contributed by atoms with van der Waals surface area (Å²) in [6.07, 6.45) is 4.92. The first-order chi connectivity index (χ1) is 8.83. The second-order valence-corrected chi connectivity index (χ2v) is 6.06. The number of rotatable bonds is 7. The van der Waals surface area contributed by atoms with Crippen LogP contribution in [0.5, 0.6) is 0 Å². The minimum atomic E-state index is 0. The van der Waals surface area contributed by atoms with Crippen LogP contribution in [0.2, 0.25) is 0 Å². The van der Waals surface area contributed by atoms with Gasteiger partial charge in [0.25, 0.3) is 0 Å². The van der Waals surface area contributed by atoms with E-state index in [1.54, 1.807) is 0 Å². The molecule has 1 aromatic carbocycles. The SMILES string of the molecule is CCCNC(CCC)Cc1cc2ccccc2s1.Cl. The summed E-state index contributed by atoms with van der Waals surface area (Å²) in [6, 6.07) is 11.7. The zero-order chi connectivity index (χ0) is 12.8. The molecule has 19 heavy (non-hydrogen) atoms. The minimum absolute atomic E-state index is 0. The Bertz CT molecular complexity index is 447. The van der Waals surface area contributed by atoms with Gasteiger partial charge in [-0.25, -0.2) is 0 Å². The number of fused-ring (bicyclic) bond motifs is 1. The quantitative estimate of drug-likeness (QED) is 0.755. The van der Waals surface area contributed by atoms with Crippen LogP contribution < -0.4 is 5.32 Å². The maximum atomic E-state index is 3.67. The minimum Gasteiger partial charge on any atom is -0.314 e. The normalized spacial score (nSPS) is 12.3. The second-order valence-electron chi connectivity index (χ2n) is 4.89. The highest BCUT2D eigenvalue weighted by Gasteiger charge is 2.10. The van der Waals surface area contributed by atoms with E-state index in [0.29, 0.717) is 6.04 Å². The van der Waals surface area contributed by atoms with Crippen molar-refractivity contribution in [3.63, 3.8) is 0 Å². The summed E-state index contributed by atoms with van der Waals surface area (Å²) in [5.41, 5.74) is 0. The van der Waals surface area contributed by atoms with Crippen LogP contribution in [0.4, 0.5) is 0 Å². The fourth-order valence-corrected chi connectivity index (χ4v) is 3.50. The van der Waals surface area contributed by atoms with Gasteiger partial charge in [0.05, 0.1) is 0 Å². The molecule has 0 aliphatic rings. The van der Waals surface area contributed by atoms with Gasteiger partial charge in [-0.2, -0.15) is 0 Å². The average molecular weight is 298 g/mol. The number of hydrogen-bond acceptors (Lipinski definition) is 2. The monoisotopic (exact) mass is 297 g/mol. The number of halogens is 1. The Hall–Kier alpha value is -0.570. The van der Waals surface area contributed by atoms with Crippen molar-refractivity contribution in [1.29, 1.82) is 0 Å². The third-order valence-corrected chi connectivity index (χ3v) is 4.38. The lowest BCUT2D eigenvalue weighted by molar-refractivity contribution is 0.475. The van der Waals surface area contributed by atoms with E-state index in [4.69, 9.17) is 0 Å². The lowest BCUT2D eigenvalue weighted by Crippen LogP contribution is -2.31. The molecule has 0 bridgehead atoms. The zero-order valence-electron chi connectivity index (χ0n) is 11.8. The largest absolute Gasteiger partial charge is 0.314 e. The number of thiophene rings is 1. The van der Waals surface area contributed by atoms with Gasteiger partial charge in [0.15, 0.2) is 0 Å². The maximum absolute atomic E-state index is 3.67. The molecule has 0 aliphatic carbocycles. The summed E-state index contributed by atoms with van der Waals surface area (Å²) in [5, 5.41) is 5.06. The van der Waals surface area contributed by atoms with Gasteiger partial charge >= 0.3 is 0 Å². The van der Waals surface area contributed by atoms with Crippen LogP contribution in [-0.2, 0) is 6.42 Å². The molecule has 1 nitrogen and oxygen atoms in total. The first-order valence-electron chi connectivity index (χ1n) is 7.04. The highest BCUT2D eigenvalue weighted by Crippen LogP contribution is 2.26. The molecule has 0 radical (unpaired) electrons. The molecule has 0 saturated heterocycles. The molecule has 1 N–H and O–H groups in total. The summed E-state index contributed by atoms with van der Waals surface area (Å²) < 4.78 is 1.42. The Balaban J connectivity index is 0.00000180. The second kappa shape index (κ2) is 8.57. The smallest absolute Gasteiger partial charge is 0.0345 e. The van der Waals surface area contributed by atoms with E-state index in [0.717, 1.165) is 6.54 Å². The van der Waals surface area contributed by atoms with Gasteiger partial charge in [0.2, 0.25) is 0 Å². The lowest BCUT2D eigenvalue weighted by Gasteiger charge is -2.16. The van der Waals surface area contributed by atoms with Crippen LogP contribution in [0.25, 0.3) is 10.1 Å². The van der Waals surface area contributed by atoms with E-state index in [1.807, 2.05) is 11.3 Å². The molecule has 3 heteroatoms. The van der Waals surface area contributed by atoms with Gasteiger partial charge in [-0.05, 0) is 43.3 Å². The van der Waals surface area contributed by atoms with Crippen molar-refractivity contribution < 1.29 is 0 Å². The lowest BCUT2D eigenvalue weighted by atomic mass is 10.1. The molecule has 1 heterocycles. The standard InChI is InChI=1S/C16H23NS.ClH/c1-3-7-14(17-10-4-2)12-15-11-13-8-5-6-9-16(13)18-15;/h5-6,8-9,11,14,17H,3-4,7,10,12H2,1-2H3;1H. The van der Waals surface area contributed by atoms with E-state index in [2.05, 4.69) is 49.5 Å². The summed E-state index contributed by atoms with van der Waals surface area (Å²) in [6.45, 7) is 5.64. The zero-order valence-corrected chi connectivity index (χ0v) is 13.4. The van der Waals surface area contributed by atoms with E-state index in [1.165, 1.54) is 40.6 Å². The van der Waals surface area contributed by atoms with Gasteiger partial charge in [-0.15, -0.1) is 23.7 Å². The molecule has 106 valence electrons. The molecular weight excluding hydrogens is 274 g/mol. The number of benzene rings is 1. The Morgan fingerprint density at radius 3 is 2.63 bits per heavy atom. The molecule has 2 rings (SSSR count). The van der Waals surface area contributed by atoms with Gasteiger partial charge < -0.3 is 5.32 Å². The Morgan fingerprint density at radius 2 is 1.95 bits per heavy atom. The highest BCUT2D eigenvalue weighted by molar-refractivity contribution is 7.19. The molecule has 0 saturated carbocycles. The molecule has 0 spiro atoms. The number of hydrogen-bond donors (Lipinski definition) is 1. The highest BCUT2D eigenvalue weighted by atomic mass is 35.5. The van der Waals surface area contributed by atoms with Crippen LogP contribution in [0.15, 0.2) is 30.3 Å². The van der Waals surface area contributed by atoms with Crippen molar-refractivity contribution in [1.82, 2.24) is 5.32 Å². The molecule has 0 aliphatic heterocycles. The van der Waals surface area contributed by atoms with Crippen LogP contribution in [0.3, 0.4) is 0 Å². The van der Waals surface area contributed by atoms with Crippen molar-refractivity contribution in [2.75, 3.05) is 6.54 Å². The molecular formula is C16H24ClNS. The first kappa shape index (κ1) is 16.5. The van der Waals surface area contributed by atoms with Crippen molar-refractivity contribution in [2.45, 2.75) is 45.6 Å². The van der Waals surface area contributed by atoms with Gasteiger partial charge in [0.1, 0.15) is 0 Å². The fourth-order valence-electron chi connectivity index (χ4n) is 2.35. The summed E-state index contributed by atoms with van der Waals surface area (Å²) >= 11 is 1.94. The fraction of sp³-hybridized carbons (Fsp3) is 0.500. The Labute approximate surface area is 126 Å². The molecule has 1 unspecified atom stereocenters. The maximum Gasteiger partial charge on any atom is 0.0345 e. The van der Waals surface area contributed by atoms with Crippen molar-refractivity contribution in [3.8, 4) is 0 Å². The Kier molecular flexibility index (Phi) is 7.44. The Morgan fingerprint density at radius 1 is 1.16 bits per heavy atom. The predicted octanol–water partition coefficient (Wildman–Crippen LogP) is 5.03. The third-order valence-electron chi connectivity index (χ3n) is 3.24. The molecule has 0 amide bonds. The summed E-state index contributed by atoms with van der Waals surface area (Å²) in [7, 11) is 0. The van der Waals surface area contributed by atoms with Crippen LogP contribution in [-0.4, -0.2) is 12.6 Å². The average Bonchev–Trinajstić information content (AvgIpc) is 2.78. The molecule has 1 atom stereocenters. The van der Waals surface area contributed by atoms with Crippen molar-refractivity contribution in [2.24, 2.45) is 0 Å². The number of nitrogens with one attached hydrogen (secondary N) is 1.